The van der Waals surface area contributed by atoms with Gasteiger partial charge in [-0.2, -0.15) is 0 Å². The van der Waals surface area contributed by atoms with Crippen LogP contribution < -0.4 is 0 Å². The fraction of sp³-hybridized carbons (Fsp3) is 0.818. The molecular formula is C22H33NO8. The molecule has 0 radical (unpaired) electrons. The molecule has 1 saturated carbocycles. The summed E-state index contributed by atoms with van der Waals surface area (Å²) in [7, 11) is 4.29. The summed E-state index contributed by atoms with van der Waals surface area (Å²) in [5.74, 6) is 1.91. The monoisotopic (exact) mass is 439 g/mol. The summed E-state index contributed by atoms with van der Waals surface area (Å²) in [6.45, 7) is 9.15. The van der Waals surface area contributed by atoms with Gasteiger partial charge in [0.15, 0.2) is 0 Å². The predicted molar refractivity (Wildman–Crippen MR) is 109 cm³/mol. The molecule has 2 aliphatic heterocycles. The molecule has 0 aromatic carbocycles. The van der Waals surface area contributed by atoms with Gasteiger partial charge in [0, 0.05) is 20.1 Å². The van der Waals surface area contributed by atoms with Gasteiger partial charge in [0.25, 0.3) is 0 Å². The first-order valence-corrected chi connectivity index (χ1v) is 10.4. The van der Waals surface area contributed by atoms with E-state index in [9.17, 15) is 9.59 Å². The number of piperidine rings is 1. The maximum atomic E-state index is 13.1. The molecule has 3 fully saturated rings. The molecule has 3 rings (SSSR count). The van der Waals surface area contributed by atoms with E-state index in [1.54, 1.807) is 18.7 Å². The number of amides is 1. The molecule has 0 aromatic rings. The standard InChI is InChI=1S/C22H33NO8/c1-19(2,3)31-18(25)23-13-15-17(30-21(5,28-8)20(4,27-7)29-15)14(22(23)11-12-22)9-10-16(24)26-6/h14-15,17H,11-13H2,1-8H3. The number of ether oxygens (including phenoxy) is 6. The third-order valence-electron chi connectivity index (χ3n) is 6.41. The lowest BCUT2D eigenvalue weighted by Gasteiger charge is -2.57. The smallest absolute Gasteiger partial charge is 0.410 e. The quantitative estimate of drug-likeness (QED) is 0.367. The highest BCUT2D eigenvalue weighted by atomic mass is 16.8. The van der Waals surface area contributed by atoms with Crippen LogP contribution >= 0.6 is 0 Å². The maximum Gasteiger partial charge on any atom is 0.410 e. The zero-order valence-electron chi connectivity index (χ0n) is 19.6. The van der Waals surface area contributed by atoms with Crippen molar-refractivity contribution in [1.82, 2.24) is 4.90 Å². The third-order valence-corrected chi connectivity index (χ3v) is 6.41. The van der Waals surface area contributed by atoms with Gasteiger partial charge in [0.1, 0.15) is 17.8 Å². The Kier molecular flexibility index (Phi) is 6.08. The highest BCUT2D eigenvalue weighted by molar-refractivity contribution is 5.88. The number of carbonyl (C=O) groups is 2. The summed E-state index contributed by atoms with van der Waals surface area (Å²) < 4.78 is 34.3. The summed E-state index contributed by atoms with van der Waals surface area (Å²) in [4.78, 5) is 26.5. The lowest BCUT2D eigenvalue weighted by Crippen LogP contribution is -2.72. The highest BCUT2D eigenvalue weighted by Gasteiger charge is 2.68. The molecule has 0 aromatic heterocycles. The van der Waals surface area contributed by atoms with Crippen molar-refractivity contribution >= 4 is 12.1 Å². The van der Waals surface area contributed by atoms with Crippen molar-refractivity contribution in [3.8, 4) is 11.8 Å². The molecule has 0 bridgehead atoms. The first-order chi connectivity index (χ1) is 14.3. The van der Waals surface area contributed by atoms with Crippen molar-refractivity contribution < 1.29 is 38.0 Å². The zero-order chi connectivity index (χ0) is 23.2. The second kappa shape index (κ2) is 7.93. The van der Waals surface area contributed by atoms with E-state index in [1.165, 1.54) is 21.3 Å². The van der Waals surface area contributed by atoms with Crippen LogP contribution in [0.15, 0.2) is 0 Å². The third kappa shape index (κ3) is 4.14. The van der Waals surface area contributed by atoms with Gasteiger partial charge in [-0.3, -0.25) is 4.90 Å². The number of likely N-dealkylation sites (tertiary alicyclic amines) is 1. The molecule has 0 N–H and O–H groups in total. The van der Waals surface area contributed by atoms with Crippen molar-refractivity contribution in [3.63, 3.8) is 0 Å². The van der Waals surface area contributed by atoms with Gasteiger partial charge in [0.05, 0.1) is 25.1 Å². The maximum absolute atomic E-state index is 13.1. The number of esters is 1. The molecule has 2 heterocycles. The van der Waals surface area contributed by atoms with Crippen molar-refractivity contribution in [2.75, 3.05) is 27.9 Å². The number of fused-ring (bicyclic) bond motifs is 1. The van der Waals surface area contributed by atoms with E-state index in [4.69, 9.17) is 23.7 Å². The van der Waals surface area contributed by atoms with Gasteiger partial charge < -0.3 is 28.4 Å². The van der Waals surface area contributed by atoms with Crippen molar-refractivity contribution in [2.24, 2.45) is 5.92 Å². The van der Waals surface area contributed by atoms with Crippen LogP contribution in [0.2, 0.25) is 0 Å². The average Bonchev–Trinajstić information content (AvgIpc) is 3.47. The van der Waals surface area contributed by atoms with Gasteiger partial charge in [-0.15, -0.1) is 0 Å². The average molecular weight is 440 g/mol. The minimum atomic E-state index is -1.23. The molecule has 5 unspecified atom stereocenters. The van der Waals surface area contributed by atoms with Gasteiger partial charge in [-0.1, -0.05) is 5.92 Å². The van der Waals surface area contributed by atoms with Gasteiger partial charge in [0.2, 0.25) is 11.6 Å². The zero-order valence-corrected chi connectivity index (χ0v) is 19.6. The number of hydrogen-bond donors (Lipinski definition) is 0. The first kappa shape index (κ1) is 23.8. The summed E-state index contributed by atoms with van der Waals surface area (Å²) >= 11 is 0. The Morgan fingerprint density at radius 1 is 1.03 bits per heavy atom. The lowest BCUT2D eigenvalue weighted by atomic mass is 9.81. The molecule has 5 atom stereocenters. The van der Waals surface area contributed by atoms with Gasteiger partial charge in [-0.05, 0) is 47.5 Å². The van der Waals surface area contributed by atoms with E-state index in [-0.39, 0.29) is 6.54 Å². The molecular weight excluding hydrogens is 406 g/mol. The van der Waals surface area contributed by atoms with Crippen LogP contribution in [0.1, 0.15) is 47.5 Å². The van der Waals surface area contributed by atoms with Crippen LogP contribution in [-0.4, -0.2) is 79.8 Å². The molecule has 1 amide bonds. The van der Waals surface area contributed by atoms with E-state index >= 15 is 0 Å². The number of hydrogen-bond acceptors (Lipinski definition) is 8. The Morgan fingerprint density at radius 3 is 2.10 bits per heavy atom. The Bertz CT molecular complexity index is 792. The Hall–Kier alpha value is -1.86. The van der Waals surface area contributed by atoms with Crippen LogP contribution in [0.25, 0.3) is 0 Å². The lowest BCUT2D eigenvalue weighted by molar-refractivity contribution is -0.456. The second-order valence-corrected chi connectivity index (χ2v) is 9.47. The number of methoxy groups -OCH3 is 3. The molecule has 1 aliphatic carbocycles. The van der Waals surface area contributed by atoms with Crippen LogP contribution in [0.3, 0.4) is 0 Å². The van der Waals surface area contributed by atoms with Crippen molar-refractivity contribution in [2.45, 2.75) is 82.4 Å². The molecule has 31 heavy (non-hydrogen) atoms. The minimum absolute atomic E-state index is 0.245. The Balaban J connectivity index is 2.02. The normalized spacial score (nSPS) is 36.1. The van der Waals surface area contributed by atoms with E-state index in [0.29, 0.717) is 12.8 Å². The SMILES string of the molecule is COC(=O)C#CC1C2OC(C)(OC)C(C)(OC)OC2CN(C(=O)OC(C)(C)C)C12CC2. The molecule has 9 heteroatoms. The first-order valence-electron chi connectivity index (χ1n) is 10.4. The highest BCUT2D eigenvalue weighted by Crippen LogP contribution is 2.56. The van der Waals surface area contributed by atoms with Crippen molar-refractivity contribution in [1.29, 1.82) is 0 Å². The Labute approximate surface area is 183 Å². The van der Waals surface area contributed by atoms with Crippen LogP contribution in [-0.2, 0) is 33.2 Å². The molecule has 9 nitrogen and oxygen atoms in total. The summed E-state index contributed by atoms with van der Waals surface area (Å²) in [6, 6.07) is 0. The van der Waals surface area contributed by atoms with E-state index in [0.717, 1.165) is 0 Å². The van der Waals surface area contributed by atoms with E-state index in [1.807, 2.05) is 20.8 Å². The van der Waals surface area contributed by atoms with Crippen molar-refractivity contribution in [3.05, 3.63) is 0 Å². The number of rotatable bonds is 2. The van der Waals surface area contributed by atoms with Crippen LogP contribution in [0.4, 0.5) is 4.79 Å². The fourth-order valence-corrected chi connectivity index (χ4v) is 4.32. The van der Waals surface area contributed by atoms with Gasteiger partial charge >= 0.3 is 12.1 Å². The van der Waals surface area contributed by atoms with Crippen LogP contribution in [0.5, 0.6) is 0 Å². The number of nitrogens with zero attached hydrogens (tertiary/aromatic N) is 1. The topological polar surface area (TPSA) is 92.8 Å². The predicted octanol–water partition coefficient (Wildman–Crippen LogP) is 2.07. The molecule has 1 spiro atoms. The molecule has 2 saturated heterocycles. The molecule has 174 valence electrons. The summed E-state index contributed by atoms with van der Waals surface area (Å²) in [6.07, 6.45) is -0.138. The Morgan fingerprint density at radius 2 is 1.61 bits per heavy atom. The largest absolute Gasteiger partial charge is 0.459 e. The molecule has 3 aliphatic rings. The second-order valence-electron chi connectivity index (χ2n) is 9.47. The van der Waals surface area contributed by atoms with E-state index in [2.05, 4.69) is 16.6 Å². The fourth-order valence-electron chi connectivity index (χ4n) is 4.32. The van der Waals surface area contributed by atoms with Crippen LogP contribution in [0, 0.1) is 17.8 Å². The summed E-state index contributed by atoms with van der Waals surface area (Å²) in [5.41, 5.74) is -1.26. The van der Waals surface area contributed by atoms with E-state index < -0.39 is 52.9 Å². The number of carbonyl (C=O) groups excluding carboxylic acids is 2. The minimum Gasteiger partial charge on any atom is -0.459 e. The van der Waals surface area contributed by atoms with Gasteiger partial charge in [-0.25, -0.2) is 9.59 Å². The summed E-state index contributed by atoms with van der Waals surface area (Å²) in [5, 5.41) is 0.